The molecule has 0 aliphatic heterocycles. The molecule has 10 rings (SSSR count). The van der Waals surface area contributed by atoms with Crippen molar-refractivity contribution in [2.75, 3.05) is 0 Å². The Balaban J connectivity index is 1.13. The summed E-state index contributed by atoms with van der Waals surface area (Å²) in [4.78, 5) is 10.4. The molecule has 0 radical (unpaired) electrons. The molecule has 0 N–H and O–H groups in total. The second kappa shape index (κ2) is 11.1. The molecule has 0 atom stereocenters. The van der Waals surface area contributed by atoms with Gasteiger partial charge in [0, 0.05) is 32.7 Å². The van der Waals surface area contributed by atoms with E-state index in [1.165, 1.54) is 27.1 Å². The van der Waals surface area contributed by atoms with E-state index in [1.807, 2.05) is 6.20 Å². The predicted molar refractivity (Wildman–Crippen MR) is 215 cm³/mol. The molecule has 0 fully saturated rings. The highest BCUT2D eigenvalue weighted by atomic mass is 16.3. The lowest BCUT2D eigenvalue weighted by atomic mass is 9.77. The zero-order valence-electron chi connectivity index (χ0n) is 28.6. The summed E-state index contributed by atoms with van der Waals surface area (Å²) in [5, 5.41) is 9.25. The molecule has 0 saturated carbocycles. The standard InChI is InChI=1S/C48H34N2O/c1-29-24-33(43-28-49-45-37-17-8-6-15-35(37)36-16-7-9-18-38(36)46(45)50-43)14-11-23-48(2,3)42-22-21-32(26-40(29)42)34-19-10-20-39-41-25-30-12-4-5-13-31(30)27-44(41)51-47(34)39/h4-22,24-28H,1,23H2,2-3H3/b14-11-,33-24+. The number of para-hydroxylation sites is 1. The number of aromatic nitrogens is 2. The summed E-state index contributed by atoms with van der Waals surface area (Å²) in [6, 6.07) is 43.1. The van der Waals surface area contributed by atoms with Gasteiger partial charge >= 0.3 is 0 Å². The van der Waals surface area contributed by atoms with Gasteiger partial charge in [0.2, 0.25) is 0 Å². The van der Waals surface area contributed by atoms with Gasteiger partial charge < -0.3 is 4.42 Å². The maximum absolute atomic E-state index is 6.63. The number of nitrogens with zero attached hydrogens (tertiary/aromatic N) is 2. The summed E-state index contributed by atoms with van der Waals surface area (Å²) in [7, 11) is 0. The molecule has 9 aromatic rings. The van der Waals surface area contributed by atoms with Gasteiger partial charge in [0.25, 0.3) is 0 Å². The Hall–Kier alpha value is -6.32. The first-order valence-electron chi connectivity index (χ1n) is 17.6. The highest BCUT2D eigenvalue weighted by Gasteiger charge is 2.26. The Morgan fingerprint density at radius 2 is 1.33 bits per heavy atom. The van der Waals surface area contributed by atoms with Crippen molar-refractivity contribution in [1.82, 2.24) is 9.97 Å². The van der Waals surface area contributed by atoms with Crippen molar-refractivity contribution in [2.45, 2.75) is 25.7 Å². The summed E-state index contributed by atoms with van der Waals surface area (Å²) in [6.07, 6.45) is 9.42. The van der Waals surface area contributed by atoms with Gasteiger partial charge in [-0.15, -0.1) is 0 Å². The van der Waals surface area contributed by atoms with E-state index in [9.17, 15) is 0 Å². The molecule has 0 amide bonds. The first-order chi connectivity index (χ1) is 24.9. The van der Waals surface area contributed by atoms with Crippen LogP contribution in [0.4, 0.5) is 0 Å². The summed E-state index contributed by atoms with van der Waals surface area (Å²) in [5.41, 5.74) is 10.9. The minimum atomic E-state index is -0.119. The van der Waals surface area contributed by atoms with Crippen LogP contribution >= 0.6 is 0 Å². The molecule has 2 aromatic heterocycles. The highest BCUT2D eigenvalue weighted by Crippen LogP contribution is 2.42. The molecule has 2 heterocycles. The minimum Gasteiger partial charge on any atom is -0.455 e. The van der Waals surface area contributed by atoms with Crippen LogP contribution < -0.4 is 0 Å². The molecule has 51 heavy (non-hydrogen) atoms. The van der Waals surface area contributed by atoms with E-state index < -0.39 is 0 Å². The number of rotatable bonds is 2. The summed E-state index contributed by atoms with van der Waals surface area (Å²) in [5.74, 6) is 0. The van der Waals surface area contributed by atoms with E-state index in [4.69, 9.17) is 14.4 Å². The number of furan rings is 1. The van der Waals surface area contributed by atoms with Gasteiger partial charge in [-0.1, -0.05) is 136 Å². The molecule has 3 heteroatoms. The lowest BCUT2D eigenvalue weighted by Crippen LogP contribution is -2.18. The van der Waals surface area contributed by atoms with Crippen LogP contribution in [0.1, 0.15) is 37.1 Å². The third-order valence-corrected chi connectivity index (χ3v) is 10.7. The van der Waals surface area contributed by atoms with E-state index in [-0.39, 0.29) is 5.41 Å². The Morgan fingerprint density at radius 1 is 0.647 bits per heavy atom. The molecule has 3 nitrogen and oxygen atoms in total. The van der Waals surface area contributed by atoms with Crippen LogP contribution in [0.3, 0.4) is 0 Å². The number of allylic oxidation sites excluding steroid dienone is 5. The second-order valence-electron chi connectivity index (χ2n) is 14.4. The largest absolute Gasteiger partial charge is 0.455 e. The van der Waals surface area contributed by atoms with Crippen LogP contribution in [0.2, 0.25) is 0 Å². The zero-order chi connectivity index (χ0) is 34.3. The van der Waals surface area contributed by atoms with Crippen LogP contribution in [0.25, 0.3) is 87.6 Å². The van der Waals surface area contributed by atoms with Crippen LogP contribution in [0.5, 0.6) is 0 Å². The molecule has 0 saturated heterocycles. The van der Waals surface area contributed by atoms with Crippen molar-refractivity contribution in [3.05, 3.63) is 169 Å². The van der Waals surface area contributed by atoms with Crippen molar-refractivity contribution < 1.29 is 4.42 Å². The number of hydrogen-bond acceptors (Lipinski definition) is 3. The van der Waals surface area contributed by atoms with Crippen LogP contribution in [0, 0.1) is 0 Å². The maximum atomic E-state index is 6.63. The fraction of sp³-hybridized carbons (Fsp3) is 0.0833. The van der Waals surface area contributed by atoms with Crippen molar-refractivity contribution in [3.63, 3.8) is 0 Å². The molecular formula is C48H34N2O. The molecule has 0 spiro atoms. The lowest BCUT2D eigenvalue weighted by Gasteiger charge is -2.27. The first-order valence-corrected chi connectivity index (χ1v) is 17.6. The second-order valence-corrected chi connectivity index (χ2v) is 14.4. The molecule has 242 valence electrons. The zero-order valence-corrected chi connectivity index (χ0v) is 28.6. The van der Waals surface area contributed by atoms with Crippen molar-refractivity contribution in [1.29, 1.82) is 0 Å². The predicted octanol–water partition coefficient (Wildman–Crippen LogP) is 13.0. The average Bonchev–Trinajstić information content (AvgIpc) is 3.55. The molecule has 0 bridgehead atoms. The molecule has 7 aromatic carbocycles. The normalized spacial score (nSPS) is 16.3. The van der Waals surface area contributed by atoms with Gasteiger partial charge in [-0.3, -0.25) is 4.98 Å². The van der Waals surface area contributed by atoms with E-state index in [0.717, 1.165) is 83.7 Å². The van der Waals surface area contributed by atoms with Crippen molar-refractivity contribution in [3.8, 4) is 11.1 Å². The van der Waals surface area contributed by atoms with E-state index in [1.54, 1.807) is 0 Å². The van der Waals surface area contributed by atoms with Crippen LogP contribution in [0.15, 0.2) is 157 Å². The van der Waals surface area contributed by atoms with Crippen LogP contribution in [-0.4, -0.2) is 9.97 Å². The summed E-state index contributed by atoms with van der Waals surface area (Å²) >= 11 is 0. The Morgan fingerprint density at radius 3 is 2.12 bits per heavy atom. The van der Waals surface area contributed by atoms with Gasteiger partial charge in [0.1, 0.15) is 11.2 Å². The fourth-order valence-electron chi connectivity index (χ4n) is 8.10. The number of fused-ring (bicyclic) bond motifs is 11. The number of benzene rings is 7. The quantitative estimate of drug-likeness (QED) is 0.174. The van der Waals surface area contributed by atoms with Crippen molar-refractivity contribution >= 4 is 76.4 Å². The SMILES string of the molecule is C=C1/C=C(c2cnc3c4ccccc4c4ccccc4c3n2)\C=C/CC(C)(C)c2ccc(-c3cccc4c3oc3cc5ccccc5cc34)cc21. The molecular weight excluding hydrogens is 621 g/mol. The third kappa shape index (κ3) is 4.65. The molecule has 0 unspecified atom stereocenters. The van der Waals surface area contributed by atoms with Gasteiger partial charge in [0.15, 0.2) is 0 Å². The lowest BCUT2D eigenvalue weighted by molar-refractivity contribution is 0.533. The van der Waals surface area contributed by atoms with Gasteiger partial charge in [-0.2, -0.15) is 0 Å². The average molecular weight is 655 g/mol. The summed E-state index contributed by atoms with van der Waals surface area (Å²) < 4.78 is 6.63. The van der Waals surface area contributed by atoms with E-state index in [2.05, 4.69) is 160 Å². The van der Waals surface area contributed by atoms with Gasteiger partial charge in [0.05, 0.1) is 22.9 Å². The van der Waals surface area contributed by atoms with E-state index in [0.29, 0.717) is 0 Å². The van der Waals surface area contributed by atoms with Gasteiger partial charge in [-0.05, 0) is 79.9 Å². The third-order valence-electron chi connectivity index (χ3n) is 10.7. The Bertz CT molecular complexity index is 2960. The first kappa shape index (κ1) is 29.6. The number of hydrogen-bond donors (Lipinski definition) is 0. The molecule has 1 aliphatic carbocycles. The monoisotopic (exact) mass is 654 g/mol. The van der Waals surface area contributed by atoms with Crippen LogP contribution in [-0.2, 0) is 5.41 Å². The van der Waals surface area contributed by atoms with Gasteiger partial charge in [-0.25, -0.2) is 4.98 Å². The van der Waals surface area contributed by atoms with Crippen molar-refractivity contribution in [2.24, 2.45) is 0 Å². The smallest absolute Gasteiger partial charge is 0.143 e. The molecule has 1 aliphatic rings. The summed E-state index contributed by atoms with van der Waals surface area (Å²) in [6.45, 7) is 9.30. The van der Waals surface area contributed by atoms with E-state index >= 15 is 0 Å². The maximum Gasteiger partial charge on any atom is 0.143 e. The topological polar surface area (TPSA) is 38.9 Å². The fourth-order valence-corrected chi connectivity index (χ4v) is 8.10. The highest BCUT2D eigenvalue weighted by molar-refractivity contribution is 6.23. The Kier molecular flexibility index (Phi) is 6.44. The minimum absolute atomic E-state index is 0.119. The Labute approximate surface area is 295 Å².